The summed E-state index contributed by atoms with van der Waals surface area (Å²) in [6.45, 7) is 3.51. The van der Waals surface area contributed by atoms with Gasteiger partial charge in [0.05, 0.1) is 12.7 Å². The first-order chi connectivity index (χ1) is 8.25. The molecule has 2 rings (SSSR count). The van der Waals surface area contributed by atoms with Gasteiger partial charge in [-0.25, -0.2) is 4.98 Å². The van der Waals surface area contributed by atoms with Crippen LogP contribution in [0.25, 0.3) is 0 Å². The molecule has 1 unspecified atom stereocenters. The van der Waals surface area contributed by atoms with Crippen molar-refractivity contribution in [3.05, 3.63) is 17.8 Å². The van der Waals surface area contributed by atoms with E-state index in [1.165, 1.54) is 12.8 Å². The van der Waals surface area contributed by atoms with Crippen LogP contribution in [0, 0.1) is 6.92 Å². The molecule has 0 radical (unpaired) electrons. The van der Waals surface area contributed by atoms with Crippen LogP contribution in [-0.4, -0.2) is 24.3 Å². The Kier molecular flexibility index (Phi) is 4.20. The summed E-state index contributed by atoms with van der Waals surface area (Å²) in [5.74, 6) is 1.16. The van der Waals surface area contributed by atoms with Gasteiger partial charge in [-0.1, -0.05) is 0 Å². The van der Waals surface area contributed by atoms with E-state index >= 15 is 0 Å². The molecule has 1 atom stereocenters. The van der Waals surface area contributed by atoms with E-state index in [-0.39, 0.29) is 0 Å². The third kappa shape index (κ3) is 3.60. The van der Waals surface area contributed by atoms with Crippen LogP contribution >= 0.6 is 0 Å². The van der Waals surface area contributed by atoms with Gasteiger partial charge in [-0.15, -0.1) is 0 Å². The second-order valence-corrected chi connectivity index (χ2v) is 4.46. The molecular formula is C13H20N2O2. The smallest absolute Gasteiger partial charge is 0.166 e. The number of nitrogen functional groups attached to an aromatic ring is 1. The van der Waals surface area contributed by atoms with E-state index in [9.17, 15) is 0 Å². The van der Waals surface area contributed by atoms with Gasteiger partial charge in [0.25, 0.3) is 0 Å². The van der Waals surface area contributed by atoms with Gasteiger partial charge in [0, 0.05) is 12.3 Å². The molecular weight excluding hydrogens is 216 g/mol. The number of pyridine rings is 1. The fourth-order valence-corrected chi connectivity index (χ4v) is 2.05. The number of anilines is 1. The second-order valence-electron chi connectivity index (χ2n) is 4.46. The van der Waals surface area contributed by atoms with Gasteiger partial charge in [0.15, 0.2) is 11.6 Å². The zero-order valence-corrected chi connectivity index (χ0v) is 10.3. The van der Waals surface area contributed by atoms with Crippen LogP contribution < -0.4 is 10.5 Å². The maximum absolute atomic E-state index is 5.76. The number of aromatic nitrogens is 1. The van der Waals surface area contributed by atoms with Gasteiger partial charge in [-0.05, 0) is 44.7 Å². The third-order valence-electron chi connectivity index (χ3n) is 2.98. The highest BCUT2D eigenvalue weighted by atomic mass is 16.5. The van der Waals surface area contributed by atoms with Crippen LogP contribution in [0.4, 0.5) is 5.82 Å². The lowest BCUT2D eigenvalue weighted by atomic mass is 10.1. The third-order valence-corrected chi connectivity index (χ3v) is 2.98. The Morgan fingerprint density at radius 3 is 3.12 bits per heavy atom. The fraction of sp³-hybridized carbons (Fsp3) is 0.615. The van der Waals surface area contributed by atoms with Crippen LogP contribution in [0.1, 0.15) is 31.4 Å². The van der Waals surface area contributed by atoms with Crippen molar-refractivity contribution in [3.63, 3.8) is 0 Å². The first-order valence-electron chi connectivity index (χ1n) is 6.23. The van der Waals surface area contributed by atoms with Crippen molar-refractivity contribution in [2.75, 3.05) is 18.9 Å². The normalized spacial score (nSPS) is 19.5. The molecule has 1 aromatic rings. The van der Waals surface area contributed by atoms with Crippen molar-refractivity contribution < 1.29 is 9.47 Å². The highest BCUT2D eigenvalue weighted by molar-refractivity contribution is 5.46. The molecule has 1 aliphatic rings. The van der Waals surface area contributed by atoms with Crippen molar-refractivity contribution in [2.45, 2.75) is 38.7 Å². The predicted molar refractivity (Wildman–Crippen MR) is 67.1 cm³/mol. The van der Waals surface area contributed by atoms with Crippen molar-refractivity contribution in [1.82, 2.24) is 4.98 Å². The largest absolute Gasteiger partial charge is 0.490 e. The Morgan fingerprint density at radius 2 is 2.41 bits per heavy atom. The Labute approximate surface area is 102 Å². The average Bonchev–Trinajstić information content (AvgIpc) is 2.79. The highest BCUT2D eigenvalue weighted by Gasteiger charge is 2.14. The van der Waals surface area contributed by atoms with Gasteiger partial charge in [-0.3, -0.25) is 0 Å². The molecule has 0 aromatic carbocycles. The van der Waals surface area contributed by atoms with E-state index in [1.54, 1.807) is 0 Å². The van der Waals surface area contributed by atoms with Crippen LogP contribution in [0.3, 0.4) is 0 Å². The van der Waals surface area contributed by atoms with Crippen molar-refractivity contribution >= 4 is 5.82 Å². The molecule has 2 heterocycles. The van der Waals surface area contributed by atoms with Crippen molar-refractivity contribution in [1.29, 1.82) is 0 Å². The van der Waals surface area contributed by atoms with Crippen molar-refractivity contribution in [2.24, 2.45) is 0 Å². The maximum atomic E-state index is 5.76. The average molecular weight is 236 g/mol. The lowest BCUT2D eigenvalue weighted by molar-refractivity contribution is 0.0981. The number of hydrogen-bond donors (Lipinski definition) is 1. The van der Waals surface area contributed by atoms with E-state index in [0.29, 0.717) is 24.3 Å². The van der Waals surface area contributed by atoms with Gasteiger partial charge < -0.3 is 15.2 Å². The van der Waals surface area contributed by atoms with Crippen LogP contribution in [0.2, 0.25) is 0 Å². The molecule has 0 saturated carbocycles. The minimum Gasteiger partial charge on any atom is -0.490 e. The summed E-state index contributed by atoms with van der Waals surface area (Å²) in [5.41, 5.74) is 6.68. The van der Waals surface area contributed by atoms with E-state index in [1.807, 2.05) is 19.1 Å². The molecule has 0 bridgehead atoms. The van der Waals surface area contributed by atoms with Gasteiger partial charge in [0.2, 0.25) is 0 Å². The molecule has 17 heavy (non-hydrogen) atoms. The van der Waals surface area contributed by atoms with E-state index in [0.717, 1.165) is 25.1 Å². The van der Waals surface area contributed by atoms with Gasteiger partial charge >= 0.3 is 0 Å². The van der Waals surface area contributed by atoms with E-state index in [4.69, 9.17) is 15.2 Å². The standard InChI is InChI=1S/C13H20N2O2/c1-10-6-7-12(13(14)15-10)17-9-3-5-11-4-2-8-16-11/h6-7,11H,2-5,8-9H2,1H3,(H2,14,15). The Bertz CT molecular complexity index is 362. The maximum Gasteiger partial charge on any atom is 0.166 e. The summed E-state index contributed by atoms with van der Waals surface area (Å²) in [5, 5.41) is 0. The van der Waals surface area contributed by atoms with E-state index < -0.39 is 0 Å². The molecule has 0 spiro atoms. The number of hydrogen-bond acceptors (Lipinski definition) is 4. The van der Waals surface area contributed by atoms with E-state index in [2.05, 4.69) is 4.98 Å². The Balaban J connectivity index is 1.70. The summed E-state index contributed by atoms with van der Waals surface area (Å²) >= 11 is 0. The fourth-order valence-electron chi connectivity index (χ4n) is 2.05. The topological polar surface area (TPSA) is 57.4 Å². The number of nitrogens with two attached hydrogens (primary N) is 1. The van der Waals surface area contributed by atoms with Gasteiger partial charge in [0.1, 0.15) is 0 Å². The molecule has 1 fully saturated rings. The number of nitrogens with zero attached hydrogens (tertiary/aromatic N) is 1. The van der Waals surface area contributed by atoms with Crippen LogP contribution in [0.15, 0.2) is 12.1 Å². The number of aryl methyl sites for hydroxylation is 1. The number of rotatable bonds is 5. The Hall–Kier alpha value is -1.29. The summed E-state index contributed by atoms with van der Waals surface area (Å²) in [7, 11) is 0. The van der Waals surface area contributed by atoms with Gasteiger partial charge in [-0.2, -0.15) is 0 Å². The lowest BCUT2D eigenvalue weighted by Crippen LogP contribution is -2.08. The highest BCUT2D eigenvalue weighted by Crippen LogP contribution is 2.20. The lowest BCUT2D eigenvalue weighted by Gasteiger charge is -2.11. The molecule has 1 aliphatic heterocycles. The number of ether oxygens (including phenoxy) is 2. The molecule has 2 N–H and O–H groups in total. The van der Waals surface area contributed by atoms with Crippen LogP contribution in [-0.2, 0) is 4.74 Å². The summed E-state index contributed by atoms with van der Waals surface area (Å²) in [6.07, 6.45) is 4.89. The molecule has 94 valence electrons. The van der Waals surface area contributed by atoms with Crippen molar-refractivity contribution in [3.8, 4) is 5.75 Å². The summed E-state index contributed by atoms with van der Waals surface area (Å²) in [6, 6.07) is 3.79. The van der Waals surface area contributed by atoms with Crippen LogP contribution in [0.5, 0.6) is 5.75 Å². The molecule has 4 nitrogen and oxygen atoms in total. The summed E-state index contributed by atoms with van der Waals surface area (Å²) in [4.78, 5) is 4.16. The predicted octanol–water partition coefficient (Wildman–Crippen LogP) is 2.31. The zero-order chi connectivity index (χ0) is 12.1. The molecule has 0 aliphatic carbocycles. The monoisotopic (exact) mass is 236 g/mol. The second kappa shape index (κ2) is 5.87. The summed E-state index contributed by atoms with van der Waals surface area (Å²) < 4.78 is 11.2. The quantitative estimate of drug-likeness (QED) is 0.797. The minimum atomic E-state index is 0.437. The Morgan fingerprint density at radius 1 is 1.53 bits per heavy atom. The molecule has 1 aromatic heterocycles. The SMILES string of the molecule is Cc1ccc(OCCCC2CCCO2)c(N)n1. The minimum absolute atomic E-state index is 0.437. The molecule has 1 saturated heterocycles. The molecule has 0 amide bonds. The first-order valence-corrected chi connectivity index (χ1v) is 6.23. The first kappa shape index (κ1) is 12.2. The molecule has 4 heteroatoms. The zero-order valence-electron chi connectivity index (χ0n) is 10.3.